The fourth-order valence-corrected chi connectivity index (χ4v) is 7.88. The molecule has 1 N–H and O–H groups in total. The lowest BCUT2D eigenvalue weighted by atomic mass is 9.44. The minimum Gasteiger partial charge on any atom is -0.455 e. The van der Waals surface area contributed by atoms with Crippen LogP contribution in [0.25, 0.3) is 0 Å². The van der Waals surface area contributed by atoms with E-state index in [0.717, 1.165) is 12.0 Å². The average Bonchev–Trinajstić information content (AvgIpc) is 2.68. The van der Waals surface area contributed by atoms with E-state index in [1.165, 1.54) is 6.92 Å². The molecule has 35 heavy (non-hydrogen) atoms. The summed E-state index contributed by atoms with van der Waals surface area (Å²) in [6, 6.07) is 0. The minimum atomic E-state index is -2.27. The molecule has 0 aromatic rings. The predicted molar refractivity (Wildman–Crippen MR) is 139 cm³/mol. The Morgan fingerprint density at radius 2 is 1.80 bits per heavy atom. The molecule has 0 bridgehead atoms. The third kappa shape index (κ3) is 3.92. The first-order valence-corrected chi connectivity index (χ1v) is 15.7. The largest absolute Gasteiger partial charge is 0.455 e. The third-order valence-electron chi connectivity index (χ3n) is 9.62. The number of carbonyl (C=O) groups excluding carboxylic acids is 2. The number of rotatable bonds is 4. The van der Waals surface area contributed by atoms with E-state index < -0.39 is 48.7 Å². The van der Waals surface area contributed by atoms with E-state index in [4.69, 9.17) is 13.9 Å². The van der Waals surface area contributed by atoms with Crippen LogP contribution in [0.2, 0.25) is 18.1 Å². The van der Waals surface area contributed by atoms with Gasteiger partial charge in [-0.05, 0) is 56.3 Å². The molecule has 0 unspecified atom stereocenters. The predicted octanol–water partition coefficient (Wildman–Crippen LogP) is 5.50. The van der Waals surface area contributed by atoms with Gasteiger partial charge in [0.25, 0.3) is 0 Å². The summed E-state index contributed by atoms with van der Waals surface area (Å²) in [4.78, 5) is 26.3. The van der Waals surface area contributed by atoms with Crippen molar-refractivity contribution < 1.29 is 28.6 Å². The van der Waals surface area contributed by atoms with E-state index in [2.05, 4.69) is 54.3 Å². The zero-order chi connectivity index (χ0) is 27.0. The Balaban J connectivity index is 2.34. The molecule has 0 aromatic carbocycles. The molecule has 6 nitrogen and oxygen atoms in total. The van der Waals surface area contributed by atoms with Gasteiger partial charge in [-0.1, -0.05) is 53.2 Å². The van der Waals surface area contributed by atoms with E-state index in [1.54, 1.807) is 19.9 Å². The van der Waals surface area contributed by atoms with E-state index in [0.29, 0.717) is 6.42 Å². The van der Waals surface area contributed by atoms with Crippen LogP contribution in [0.5, 0.6) is 0 Å². The Morgan fingerprint density at radius 3 is 2.29 bits per heavy atom. The van der Waals surface area contributed by atoms with Crippen LogP contribution in [0.15, 0.2) is 24.3 Å². The second-order valence-corrected chi connectivity index (χ2v) is 18.4. The summed E-state index contributed by atoms with van der Waals surface area (Å²) in [5.74, 6) is -0.830. The van der Waals surface area contributed by atoms with Crippen LogP contribution < -0.4 is 0 Å². The highest BCUT2D eigenvalue weighted by molar-refractivity contribution is 6.74. The molecule has 0 spiro atoms. The maximum atomic E-state index is 14.2. The first-order chi connectivity index (χ1) is 15.6. The Morgan fingerprint density at radius 1 is 1.23 bits per heavy atom. The van der Waals surface area contributed by atoms with Gasteiger partial charge in [-0.25, -0.2) is 0 Å². The summed E-state index contributed by atoms with van der Waals surface area (Å²) in [5.41, 5.74) is -5.02. The maximum absolute atomic E-state index is 14.2. The third-order valence-corrected chi connectivity index (χ3v) is 14.1. The van der Waals surface area contributed by atoms with Gasteiger partial charge >= 0.3 is 5.97 Å². The van der Waals surface area contributed by atoms with Gasteiger partial charge in [0, 0.05) is 13.3 Å². The molecule has 2 fully saturated rings. The molecule has 1 aliphatic heterocycles. The van der Waals surface area contributed by atoms with E-state index in [-0.39, 0.29) is 22.7 Å². The van der Waals surface area contributed by atoms with Gasteiger partial charge in [-0.15, -0.1) is 6.58 Å². The van der Waals surface area contributed by atoms with E-state index in [1.807, 2.05) is 13.0 Å². The monoisotopic (exact) mass is 506 g/mol. The first-order valence-electron chi connectivity index (χ1n) is 12.8. The Labute approximate surface area is 212 Å². The standard InChI is InChI=1S/C28H46O6Si/c1-13-25(8)17-20(30)28(31)26(9)19(16-22(32-18(2)29)27(28,10)34-25)24(6,7)15-14-21(26)33-35(11,12)23(3,4)5/h13,16,21-22,31H,1,14-15,17H2,2-12H3/t21-,22-,25-,26+,27+,28-/m0/s1. The smallest absolute Gasteiger partial charge is 0.303 e. The van der Waals surface area contributed by atoms with Crippen LogP contribution in [0.3, 0.4) is 0 Å². The highest BCUT2D eigenvalue weighted by atomic mass is 28.4. The first kappa shape index (κ1) is 28.3. The van der Waals surface area contributed by atoms with Crippen LogP contribution in [-0.2, 0) is 23.5 Å². The van der Waals surface area contributed by atoms with Crippen LogP contribution in [0, 0.1) is 10.8 Å². The summed E-state index contributed by atoms with van der Waals surface area (Å²) in [6.07, 6.45) is 3.69. The topological polar surface area (TPSA) is 82.1 Å². The second kappa shape index (κ2) is 8.11. The summed E-state index contributed by atoms with van der Waals surface area (Å²) in [5, 5.41) is 12.7. The lowest BCUT2D eigenvalue weighted by Crippen LogP contribution is -2.81. The molecule has 1 saturated heterocycles. The van der Waals surface area contributed by atoms with Crippen molar-refractivity contribution in [3.8, 4) is 0 Å². The molecular formula is C28H46O6Si. The zero-order valence-corrected chi connectivity index (χ0v) is 24.6. The highest BCUT2D eigenvalue weighted by Gasteiger charge is 2.77. The lowest BCUT2D eigenvalue weighted by Gasteiger charge is -2.68. The molecule has 0 aromatic heterocycles. The molecule has 0 amide bonds. The molecule has 198 valence electrons. The number of hydrogen-bond donors (Lipinski definition) is 1. The van der Waals surface area contributed by atoms with Crippen LogP contribution in [0.1, 0.15) is 81.6 Å². The van der Waals surface area contributed by atoms with Crippen molar-refractivity contribution in [1.82, 2.24) is 0 Å². The molecule has 1 saturated carbocycles. The van der Waals surface area contributed by atoms with Gasteiger partial charge in [0.05, 0.1) is 17.1 Å². The number of carbonyl (C=O) groups is 2. The van der Waals surface area contributed by atoms with Gasteiger partial charge < -0.3 is 19.0 Å². The van der Waals surface area contributed by atoms with Crippen molar-refractivity contribution in [1.29, 1.82) is 0 Å². The van der Waals surface area contributed by atoms with Crippen LogP contribution in [-0.4, -0.2) is 54.2 Å². The molecule has 2 aliphatic carbocycles. The lowest BCUT2D eigenvalue weighted by molar-refractivity contribution is -0.304. The van der Waals surface area contributed by atoms with Crippen molar-refractivity contribution >= 4 is 20.1 Å². The average molecular weight is 507 g/mol. The van der Waals surface area contributed by atoms with Crippen LogP contribution in [0.4, 0.5) is 0 Å². The number of ether oxygens (including phenoxy) is 2. The number of fused-ring (bicyclic) bond motifs is 3. The maximum Gasteiger partial charge on any atom is 0.303 e. The fraction of sp³-hybridized carbons (Fsp3) is 0.786. The van der Waals surface area contributed by atoms with Gasteiger partial charge in [0.2, 0.25) is 0 Å². The number of Topliss-reactive ketones (excluding diaryl/α,β-unsaturated/α-hetero) is 1. The Hall–Kier alpha value is -1.28. The number of hydrogen-bond acceptors (Lipinski definition) is 6. The van der Waals surface area contributed by atoms with Gasteiger partial charge in [0.15, 0.2) is 25.8 Å². The number of esters is 1. The van der Waals surface area contributed by atoms with Gasteiger partial charge in [-0.2, -0.15) is 0 Å². The number of ketones is 1. The molecule has 0 radical (unpaired) electrons. The summed E-state index contributed by atoms with van der Waals surface area (Å²) in [6.45, 7) is 25.8. The summed E-state index contributed by atoms with van der Waals surface area (Å²) in [7, 11) is -2.27. The molecule has 6 atom stereocenters. The quantitative estimate of drug-likeness (QED) is 0.308. The SMILES string of the molecule is C=C[C@@]1(C)CC(=O)[C@@]2(O)[C@](C)(O1)[C@@H](OC(C)=O)C=C1C(C)(C)CC[C@H](O[Si](C)(C)C(C)(C)C)[C@@]12C. The zero-order valence-electron chi connectivity index (χ0n) is 23.6. The molecule has 1 heterocycles. The molecule has 3 rings (SSSR count). The van der Waals surface area contributed by atoms with Crippen molar-refractivity contribution in [2.45, 2.75) is 129 Å². The van der Waals surface area contributed by atoms with E-state index >= 15 is 0 Å². The van der Waals surface area contributed by atoms with Crippen molar-refractivity contribution in [3.05, 3.63) is 24.3 Å². The van der Waals surface area contributed by atoms with Crippen molar-refractivity contribution in [2.75, 3.05) is 0 Å². The van der Waals surface area contributed by atoms with E-state index in [9.17, 15) is 14.7 Å². The van der Waals surface area contributed by atoms with Crippen molar-refractivity contribution in [3.63, 3.8) is 0 Å². The summed E-state index contributed by atoms with van der Waals surface area (Å²) >= 11 is 0. The van der Waals surface area contributed by atoms with Gasteiger partial charge in [-0.3, -0.25) is 9.59 Å². The Bertz CT molecular complexity index is 961. The molecule has 7 heteroatoms. The highest BCUT2D eigenvalue weighted by Crippen LogP contribution is 2.66. The molecular weight excluding hydrogens is 460 g/mol. The molecule has 3 aliphatic rings. The fourth-order valence-electron chi connectivity index (χ4n) is 6.46. The summed E-state index contributed by atoms with van der Waals surface area (Å²) < 4.78 is 19.4. The minimum absolute atomic E-state index is 0.0223. The second-order valence-electron chi connectivity index (χ2n) is 13.6. The normalized spacial score (nSPS) is 41.4. The van der Waals surface area contributed by atoms with Gasteiger partial charge in [0.1, 0.15) is 5.60 Å². The number of aliphatic hydroxyl groups is 1. The van der Waals surface area contributed by atoms with Crippen LogP contribution >= 0.6 is 0 Å². The van der Waals surface area contributed by atoms with Crippen molar-refractivity contribution in [2.24, 2.45) is 10.8 Å². The Kier molecular flexibility index (Phi) is 6.55.